The zero-order valence-corrected chi connectivity index (χ0v) is 13.0. The third-order valence-electron chi connectivity index (χ3n) is 3.81. The predicted molar refractivity (Wildman–Crippen MR) is 93.3 cm³/mol. The van der Waals surface area contributed by atoms with Crippen LogP contribution in [0, 0.1) is 0 Å². The van der Waals surface area contributed by atoms with Crippen molar-refractivity contribution < 1.29 is 4.79 Å². The van der Waals surface area contributed by atoms with Crippen molar-refractivity contribution in [2.24, 2.45) is 0 Å². The fraction of sp³-hybridized carbons (Fsp3) is 0.211. The molecule has 0 heterocycles. The van der Waals surface area contributed by atoms with E-state index in [1.165, 1.54) is 10.8 Å². The standard InChI is InChI=1S/C19H20N2O/c1-21(2)11-10-19(22)20-18-9-5-8-16-12-14-6-3-4-7-15(14)13-17(16)18/h3-9,12-13H,10-11H2,1-2H3,(H,20,22). The Balaban J connectivity index is 1.95. The number of fused-ring (bicyclic) bond motifs is 2. The van der Waals surface area contributed by atoms with Crippen LogP contribution < -0.4 is 5.32 Å². The summed E-state index contributed by atoms with van der Waals surface area (Å²) < 4.78 is 0. The average molecular weight is 292 g/mol. The predicted octanol–water partition coefficient (Wildman–Crippen LogP) is 3.88. The fourth-order valence-corrected chi connectivity index (χ4v) is 2.61. The first-order valence-electron chi connectivity index (χ1n) is 7.49. The van der Waals surface area contributed by atoms with Gasteiger partial charge in [-0.15, -0.1) is 0 Å². The van der Waals surface area contributed by atoms with Crippen molar-refractivity contribution in [2.45, 2.75) is 6.42 Å². The number of nitrogens with one attached hydrogen (secondary N) is 1. The maximum atomic E-state index is 12.1. The van der Waals surface area contributed by atoms with E-state index in [4.69, 9.17) is 0 Å². The van der Waals surface area contributed by atoms with E-state index in [2.05, 4.69) is 35.6 Å². The Morgan fingerprint density at radius 1 is 0.955 bits per heavy atom. The Morgan fingerprint density at radius 2 is 1.64 bits per heavy atom. The van der Waals surface area contributed by atoms with Gasteiger partial charge in [0.05, 0.1) is 0 Å². The van der Waals surface area contributed by atoms with Crippen LogP contribution in [0.1, 0.15) is 6.42 Å². The van der Waals surface area contributed by atoms with Crippen LogP contribution in [0.5, 0.6) is 0 Å². The Bertz CT molecular complexity index is 824. The van der Waals surface area contributed by atoms with Gasteiger partial charge in [-0.05, 0) is 48.5 Å². The fourth-order valence-electron chi connectivity index (χ4n) is 2.61. The first-order valence-corrected chi connectivity index (χ1v) is 7.49. The van der Waals surface area contributed by atoms with Gasteiger partial charge in [0.1, 0.15) is 0 Å². The molecule has 1 N–H and O–H groups in total. The Kier molecular flexibility index (Phi) is 4.07. The van der Waals surface area contributed by atoms with Gasteiger partial charge in [0.2, 0.25) is 5.91 Å². The molecular weight excluding hydrogens is 272 g/mol. The van der Waals surface area contributed by atoms with Crippen LogP contribution in [-0.4, -0.2) is 31.4 Å². The quantitative estimate of drug-likeness (QED) is 0.740. The van der Waals surface area contributed by atoms with E-state index in [1.807, 2.05) is 43.3 Å². The molecule has 0 aliphatic carbocycles. The molecule has 3 heteroatoms. The number of hydrogen-bond donors (Lipinski definition) is 1. The van der Waals surface area contributed by atoms with Crippen molar-refractivity contribution >= 4 is 33.1 Å². The van der Waals surface area contributed by atoms with Crippen molar-refractivity contribution in [3.05, 3.63) is 54.6 Å². The van der Waals surface area contributed by atoms with Crippen LogP contribution in [0.2, 0.25) is 0 Å². The number of rotatable bonds is 4. The molecule has 3 nitrogen and oxygen atoms in total. The lowest BCUT2D eigenvalue weighted by Gasteiger charge is -2.12. The van der Waals surface area contributed by atoms with Gasteiger partial charge >= 0.3 is 0 Å². The summed E-state index contributed by atoms with van der Waals surface area (Å²) in [5.74, 6) is 0.0503. The highest BCUT2D eigenvalue weighted by atomic mass is 16.1. The van der Waals surface area contributed by atoms with E-state index < -0.39 is 0 Å². The second kappa shape index (κ2) is 6.16. The highest BCUT2D eigenvalue weighted by Crippen LogP contribution is 2.28. The van der Waals surface area contributed by atoms with E-state index >= 15 is 0 Å². The molecule has 1 amide bonds. The van der Waals surface area contributed by atoms with E-state index in [0.29, 0.717) is 6.42 Å². The first kappa shape index (κ1) is 14.5. The molecule has 0 fully saturated rings. The SMILES string of the molecule is CN(C)CCC(=O)Nc1cccc2cc3ccccc3cc12. The number of benzene rings is 3. The maximum Gasteiger partial charge on any atom is 0.225 e. The van der Waals surface area contributed by atoms with Gasteiger partial charge in [0.15, 0.2) is 0 Å². The molecule has 112 valence electrons. The van der Waals surface area contributed by atoms with E-state index in [-0.39, 0.29) is 5.91 Å². The number of nitrogens with zero attached hydrogens (tertiary/aromatic N) is 1. The monoisotopic (exact) mass is 292 g/mol. The lowest BCUT2D eigenvalue weighted by atomic mass is 10.0. The lowest BCUT2D eigenvalue weighted by molar-refractivity contribution is -0.116. The van der Waals surface area contributed by atoms with Gasteiger partial charge < -0.3 is 10.2 Å². The Hall–Kier alpha value is -2.39. The number of amides is 1. The second-order valence-electron chi connectivity index (χ2n) is 5.83. The van der Waals surface area contributed by atoms with Gasteiger partial charge in [-0.2, -0.15) is 0 Å². The zero-order chi connectivity index (χ0) is 15.5. The summed E-state index contributed by atoms with van der Waals surface area (Å²) in [6.45, 7) is 0.750. The molecule has 22 heavy (non-hydrogen) atoms. The molecule has 0 aliphatic rings. The minimum atomic E-state index is 0.0503. The molecule has 3 aromatic rings. The lowest BCUT2D eigenvalue weighted by Crippen LogP contribution is -2.20. The van der Waals surface area contributed by atoms with Crippen molar-refractivity contribution in [2.75, 3.05) is 26.0 Å². The third-order valence-corrected chi connectivity index (χ3v) is 3.81. The van der Waals surface area contributed by atoms with Crippen LogP contribution >= 0.6 is 0 Å². The summed E-state index contributed by atoms with van der Waals surface area (Å²) in [7, 11) is 3.94. The van der Waals surface area contributed by atoms with Gasteiger partial charge in [0.25, 0.3) is 0 Å². The zero-order valence-electron chi connectivity index (χ0n) is 13.0. The van der Waals surface area contributed by atoms with Gasteiger partial charge in [-0.25, -0.2) is 0 Å². The van der Waals surface area contributed by atoms with Crippen LogP contribution in [-0.2, 0) is 4.79 Å². The van der Waals surface area contributed by atoms with E-state index in [9.17, 15) is 4.79 Å². The minimum Gasteiger partial charge on any atom is -0.325 e. The molecule has 0 unspecified atom stereocenters. The highest BCUT2D eigenvalue weighted by Gasteiger charge is 2.07. The largest absolute Gasteiger partial charge is 0.325 e. The van der Waals surface area contributed by atoms with Crippen LogP contribution in [0.25, 0.3) is 21.5 Å². The number of anilines is 1. The van der Waals surface area contributed by atoms with Gasteiger partial charge in [0, 0.05) is 24.0 Å². The number of carbonyl (C=O) groups excluding carboxylic acids is 1. The second-order valence-corrected chi connectivity index (χ2v) is 5.83. The Morgan fingerprint density at radius 3 is 2.36 bits per heavy atom. The van der Waals surface area contributed by atoms with Crippen LogP contribution in [0.15, 0.2) is 54.6 Å². The van der Waals surface area contributed by atoms with Gasteiger partial charge in [-0.3, -0.25) is 4.79 Å². The van der Waals surface area contributed by atoms with Crippen LogP contribution in [0.3, 0.4) is 0 Å². The van der Waals surface area contributed by atoms with Crippen LogP contribution in [0.4, 0.5) is 5.69 Å². The molecule has 0 radical (unpaired) electrons. The minimum absolute atomic E-state index is 0.0503. The van der Waals surface area contributed by atoms with E-state index in [1.54, 1.807) is 0 Å². The molecule has 0 spiro atoms. The highest BCUT2D eigenvalue weighted by molar-refractivity contribution is 6.07. The molecule has 0 bridgehead atoms. The smallest absolute Gasteiger partial charge is 0.225 e. The summed E-state index contributed by atoms with van der Waals surface area (Å²) in [6.07, 6.45) is 0.497. The normalized spacial score (nSPS) is 11.2. The molecule has 3 aromatic carbocycles. The van der Waals surface area contributed by atoms with Crippen molar-refractivity contribution in [3.8, 4) is 0 Å². The average Bonchev–Trinajstić information content (AvgIpc) is 2.51. The topological polar surface area (TPSA) is 32.3 Å². The third kappa shape index (κ3) is 3.10. The first-order chi connectivity index (χ1) is 10.6. The van der Waals surface area contributed by atoms with Crippen molar-refractivity contribution in [1.29, 1.82) is 0 Å². The summed E-state index contributed by atoms with van der Waals surface area (Å²) >= 11 is 0. The molecule has 0 atom stereocenters. The summed E-state index contributed by atoms with van der Waals surface area (Å²) in [5.41, 5.74) is 0.881. The summed E-state index contributed by atoms with van der Waals surface area (Å²) in [5, 5.41) is 7.66. The number of carbonyl (C=O) groups is 1. The van der Waals surface area contributed by atoms with E-state index in [0.717, 1.165) is 23.0 Å². The molecular formula is C19H20N2O. The molecule has 3 rings (SSSR count). The van der Waals surface area contributed by atoms with Crippen molar-refractivity contribution in [1.82, 2.24) is 4.90 Å². The molecule has 0 saturated carbocycles. The molecule has 0 aliphatic heterocycles. The maximum absolute atomic E-state index is 12.1. The number of hydrogen-bond acceptors (Lipinski definition) is 2. The summed E-state index contributed by atoms with van der Waals surface area (Å²) in [4.78, 5) is 14.1. The molecule has 0 aromatic heterocycles. The Labute approximate surface area is 130 Å². The molecule has 0 saturated heterocycles. The van der Waals surface area contributed by atoms with Crippen molar-refractivity contribution in [3.63, 3.8) is 0 Å². The van der Waals surface area contributed by atoms with Gasteiger partial charge in [-0.1, -0.05) is 36.4 Å². The summed E-state index contributed by atoms with van der Waals surface area (Å²) in [6, 6.07) is 18.6.